The Morgan fingerprint density at radius 2 is 1.28 bits per heavy atom. The molecule has 0 aromatic carbocycles. The summed E-state index contributed by atoms with van der Waals surface area (Å²) in [4.78, 5) is 54.8. The van der Waals surface area contributed by atoms with Crippen LogP contribution in [0.3, 0.4) is 0 Å². The molecule has 0 fully saturated rings. The van der Waals surface area contributed by atoms with E-state index in [0.29, 0.717) is 0 Å². The fraction of sp³-hybridized carbons (Fsp3) is 0.200. The first-order chi connectivity index (χ1) is 7.80. The molecule has 0 amide bonds. The van der Waals surface area contributed by atoms with E-state index in [1.165, 1.54) is 0 Å². The van der Waals surface area contributed by atoms with Crippen molar-refractivity contribution in [1.29, 1.82) is 0 Å². The molecule has 0 aromatic heterocycles. The summed E-state index contributed by atoms with van der Waals surface area (Å²) in [6, 6.07) is 0. The third-order valence-electron chi connectivity index (χ3n) is 1.49. The van der Waals surface area contributed by atoms with Gasteiger partial charge in [-0.3, -0.25) is 18.7 Å². The van der Waals surface area contributed by atoms with Gasteiger partial charge in [0.25, 0.3) is 5.52 Å². The molecule has 0 spiro atoms. The van der Waals surface area contributed by atoms with Crippen molar-refractivity contribution in [3.63, 3.8) is 0 Å². The third-order valence-corrected chi connectivity index (χ3v) is 3.05. The van der Waals surface area contributed by atoms with Crippen LogP contribution in [0.2, 0.25) is 0 Å². The topological polar surface area (TPSA) is 210 Å². The van der Waals surface area contributed by atoms with Crippen LogP contribution < -0.4 is 0 Å². The summed E-state index contributed by atoms with van der Waals surface area (Å²) in [6.45, 7) is 0. The van der Waals surface area contributed by atoms with E-state index in [2.05, 4.69) is 0 Å². The molecule has 7 N–H and O–H groups in total. The molecule has 0 bridgehead atoms. The van der Waals surface area contributed by atoms with Crippen LogP contribution in [-0.4, -0.2) is 52.0 Å². The van der Waals surface area contributed by atoms with Crippen LogP contribution in [-0.2, 0) is 18.7 Å². The van der Waals surface area contributed by atoms with Gasteiger partial charge in [0.15, 0.2) is 11.9 Å². The molecular formula is C5H8O11P2. The Hall–Kier alpha value is -1.06. The standard InChI is InChI=1S/C5H8O11P2/c6-1(2(7)4(9)17(11,12)13)3(8)5(10)18(14,15)16/h2,6-8H,(H2,11,12,13)(H2,14,15,16)/b3-1+. The van der Waals surface area contributed by atoms with Crippen molar-refractivity contribution in [2.45, 2.75) is 6.10 Å². The van der Waals surface area contributed by atoms with Gasteiger partial charge in [-0.2, -0.15) is 0 Å². The van der Waals surface area contributed by atoms with Crippen LogP contribution in [0.5, 0.6) is 0 Å². The number of hydrogen-bond donors (Lipinski definition) is 7. The van der Waals surface area contributed by atoms with Gasteiger partial charge in [-0.25, -0.2) is 0 Å². The molecule has 18 heavy (non-hydrogen) atoms. The van der Waals surface area contributed by atoms with E-state index in [-0.39, 0.29) is 0 Å². The summed E-state index contributed by atoms with van der Waals surface area (Å²) in [7, 11) is -11.0. The van der Waals surface area contributed by atoms with Gasteiger partial charge in [-0.05, 0) is 0 Å². The van der Waals surface area contributed by atoms with E-state index in [1.54, 1.807) is 0 Å². The normalized spacial score (nSPS) is 15.8. The van der Waals surface area contributed by atoms with Gasteiger partial charge in [-0.15, -0.1) is 0 Å². The van der Waals surface area contributed by atoms with Crippen molar-refractivity contribution >= 4 is 26.2 Å². The molecule has 0 rings (SSSR count). The molecule has 1 atom stereocenters. The number of rotatable bonds is 5. The van der Waals surface area contributed by atoms with Crippen LogP contribution in [0.1, 0.15) is 0 Å². The van der Waals surface area contributed by atoms with Gasteiger partial charge in [0.1, 0.15) is 0 Å². The van der Waals surface area contributed by atoms with Gasteiger partial charge < -0.3 is 34.9 Å². The van der Waals surface area contributed by atoms with Crippen LogP contribution in [0.15, 0.2) is 11.5 Å². The van der Waals surface area contributed by atoms with Crippen molar-refractivity contribution in [3.8, 4) is 0 Å². The van der Waals surface area contributed by atoms with E-state index in [4.69, 9.17) is 34.9 Å². The second-order valence-electron chi connectivity index (χ2n) is 2.87. The van der Waals surface area contributed by atoms with Crippen molar-refractivity contribution < 1.29 is 53.6 Å². The van der Waals surface area contributed by atoms with Crippen LogP contribution in [0, 0.1) is 0 Å². The Morgan fingerprint density at radius 1 is 0.889 bits per heavy atom. The number of aliphatic hydroxyl groups excluding tert-OH is 3. The highest BCUT2D eigenvalue weighted by Gasteiger charge is 2.40. The van der Waals surface area contributed by atoms with Gasteiger partial charge >= 0.3 is 20.7 Å². The monoisotopic (exact) mass is 306 g/mol. The fourth-order valence-electron chi connectivity index (χ4n) is 0.653. The first kappa shape index (κ1) is 16.9. The van der Waals surface area contributed by atoms with Gasteiger partial charge in [0.2, 0.25) is 5.76 Å². The van der Waals surface area contributed by atoms with E-state index in [9.17, 15) is 18.7 Å². The Balaban J connectivity index is 5.46. The maximum atomic E-state index is 10.8. The molecule has 0 saturated heterocycles. The van der Waals surface area contributed by atoms with Crippen molar-refractivity contribution in [3.05, 3.63) is 11.5 Å². The Morgan fingerprint density at radius 3 is 1.56 bits per heavy atom. The fourth-order valence-corrected chi connectivity index (χ4v) is 1.48. The van der Waals surface area contributed by atoms with Gasteiger partial charge in [0, 0.05) is 0 Å². The Labute approximate surface area is 98.3 Å². The number of allylic oxidation sites excluding steroid dienone is 1. The van der Waals surface area contributed by atoms with E-state index >= 15 is 0 Å². The molecule has 0 heterocycles. The molecule has 0 aromatic rings. The summed E-state index contributed by atoms with van der Waals surface area (Å²) < 4.78 is 20.8. The Bertz CT molecular complexity index is 492. The van der Waals surface area contributed by atoms with Crippen molar-refractivity contribution in [2.24, 2.45) is 0 Å². The first-order valence-electron chi connectivity index (χ1n) is 3.80. The maximum absolute atomic E-state index is 10.8. The average molecular weight is 306 g/mol. The number of hydrogen-bond acceptors (Lipinski definition) is 7. The molecule has 11 nitrogen and oxygen atoms in total. The Kier molecular flexibility index (Phi) is 4.98. The predicted octanol–water partition coefficient (Wildman–Crippen LogP) is -1.92. The molecule has 13 heteroatoms. The minimum absolute atomic E-state index is 1.98. The number of carbonyl (C=O) groups is 2. The molecule has 0 saturated carbocycles. The van der Waals surface area contributed by atoms with E-state index < -0.39 is 43.9 Å². The SMILES string of the molecule is O=C(/C(O)=C(\O)C(O)C(=O)P(=O)(O)O)P(=O)(O)O. The average Bonchev–Trinajstić information content (AvgIpc) is 2.21. The summed E-state index contributed by atoms with van der Waals surface area (Å²) in [6.07, 6.45) is -3.00. The van der Waals surface area contributed by atoms with Gasteiger partial charge in [-0.1, -0.05) is 0 Å². The zero-order valence-electron chi connectivity index (χ0n) is 8.24. The minimum atomic E-state index is -5.50. The number of carbonyl (C=O) groups excluding carboxylic acids is 2. The van der Waals surface area contributed by atoms with E-state index in [0.717, 1.165) is 0 Å². The third kappa shape index (κ3) is 4.00. The van der Waals surface area contributed by atoms with Crippen molar-refractivity contribution in [2.75, 3.05) is 0 Å². The first-order valence-corrected chi connectivity index (χ1v) is 7.03. The lowest BCUT2D eigenvalue weighted by atomic mass is 10.3. The minimum Gasteiger partial charge on any atom is -0.506 e. The van der Waals surface area contributed by atoms with Crippen LogP contribution >= 0.6 is 15.2 Å². The lowest BCUT2D eigenvalue weighted by molar-refractivity contribution is -0.120. The molecular weight excluding hydrogens is 298 g/mol. The smallest absolute Gasteiger partial charge is 0.399 e. The number of aliphatic hydroxyl groups is 3. The lowest BCUT2D eigenvalue weighted by Gasteiger charge is -2.11. The summed E-state index contributed by atoms with van der Waals surface area (Å²) in [5.41, 5.74) is -4.58. The van der Waals surface area contributed by atoms with Crippen molar-refractivity contribution in [1.82, 2.24) is 0 Å². The highest BCUT2D eigenvalue weighted by atomic mass is 31.2. The second kappa shape index (κ2) is 5.29. The zero-order valence-corrected chi connectivity index (χ0v) is 10.0. The molecule has 1 unspecified atom stereocenters. The highest BCUT2D eigenvalue weighted by Crippen LogP contribution is 2.41. The van der Waals surface area contributed by atoms with Gasteiger partial charge in [0.05, 0.1) is 0 Å². The second-order valence-corrected chi connectivity index (χ2v) is 5.89. The molecule has 0 aliphatic heterocycles. The lowest BCUT2D eigenvalue weighted by Crippen LogP contribution is -2.25. The molecule has 0 aliphatic carbocycles. The quantitative estimate of drug-likeness (QED) is 0.169. The maximum Gasteiger partial charge on any atom is 0.399 e. The summed E-state index contributed by atoms with van der Waals surface area (Å²) in [5.74, 6) is -4.05. The summed E-state index contributed by atoms with van der Waals surface area (Å²) >= 11 is 0. The van der Waals surface area contributed by atoms with Crippen LogP contribution in [0.25, 0.3) is 0 Å². The summed E-state index contributed by atoms with van der Waals surface area (Å²) in [5, 5.41) is 26.6. The largest absolute Gasteiger partial charge is 0.506 e. The van der Waals surface area contributed by atoms with E-state index in [1.807, 2.05) is 0 Å². The molecule has 0 radical (unpaired) electrons. The predicted molar refractivity (Wildman–Crippen MR) is 52.4 cm³/mol. The highest BCUT2D eigenvalue weighted by molar-refractivity contribution is 7.71. The molecule has 104 valence electrons. The van der Waals surface area contributed by atoms with Crippen LogP contribution in [0.4, 0.5) is 0 Å². The zero-order chi connectivity index (χ0) is 14.9. The molecule has 0 aliphatic rings.